The molecule has 176 valence electrons. The Morgan fingerprint density at radius 2 is 1.10 bits per heavy atom. The van der Waals surface area contributed by atoms with E-state index in [4.69, 9.17) is 9.84 Å². The maximum atomic E-state index is 11.7. The third kappa shape index (κ3) is 24.7. The van der Waals surface area contributed by atoms with Crippen LogP contribution < -0.4 is 0 Å². The summed E-state index contributed by atoms with van der Waals surface area (Å²) in [7, 11) is 0. The fourth-order valence-electron chi connectivity index (χ4n) is 3.58. The van der Waals surface area contributed by atoms with Crippen LogP contribution >= 0.6 is 0 Å². The molecule has 0 saturated heterocycles. The second-order valence-electron chi connectivity index (χ2n) is 8.49. The van der Waals surface area contributed by atoms with Gasteiger partial charge in [-0.15, -0.1) is 0 Å². The van der Waals surface area contributed by atoms with E-state index in [1.165, 1.54) is 83.5 Å². The third-order valence-corrected chi connectivity index (χ3v) is 5.50. The lowest BCUT2D eigenvalue weighted by atomic mass is 10.0. The van der Waals surface area contributed by atoms with Crippen LogP contribution in [0.15, 0.2) is 12.2 Å². The molecule has 0 radical (unpaired) electrons. The minimum atomic E-state index is -0.675. The molecule has 0 heterocycles. The Hall–Kier alpha value is -1.32. The van der Waals surface area contributed by atoms with Gasteiger partial charge in [-0.1, -0.05) is 109 Å². The number of rotatable bonds is 23. The summed E-state index contributed by atoms with van der Waals surface area (Å²) in [5.74, 6) is -0.736. The lowest BCUT2D eigenvalue weighted by Crippen LogP contribution is -2.03. The minimum Gasteiger partial charge on any atom is -0.481 e. The van der Waals surface area contributed by atoms with Gasteiger partial charge < -0.3 is 9.84 Å². The first-order chi connectivity index (χ1) is 14.7. The van der Waals surface area contributed by atoms with Crippen LogP contribution in [-0.2, 0) is 14.3 Å². The summed E-state index contributed by atoms with van der Waals surface area (Å²) in [6, 6.07) is 0. The number of unbranched alkanes of at least 4 members (excludes halogenated alkanes) is 16. The molecule has 0 amide bonds. The van der Waals surface area contributed by atoms with Gasteiger partial charge in [0.05, 0.1) is 0 Å². The molecule has 0 spiro atoms. The number of esters is 1. The van der Waals surface area contributed by atoms with Crippen LogP contribution in [0.4, 0.5) is 0 Å². The van der Waals surface area contributed by atoms with Crippen molar-refractivity contribution >= 4 is 11.9 Å². The molecule has 0 aromatic heterocycles. The van der Waals surface area contributed by atoms with Gasteiger partial charge in [0.2, 0.25) is 0 Å². The van der Waals surface area contributed by atoms with E-state index in [0.717, 1.165) is 32.1 Å². The molecule has 0 aliphatic carbocycles. The normalized spacial score (nSPS) is 11.2. The highest BCUT2D eigenvalue weighted by molar-refractivity contribution is 5.69. The molecule has 0 aromatic carbocycles. The maximum Gasteiger partial charge on any atom is 0.306 e. The van der Waals surface area contributed by atoms with Crippen LogP contribution in [0.3, 0.4) is 0 Å². The van der Waals surface area contributed by atoms with Crippen LogP contribution in [0.25, 0.3) is 0 Å². The van der Waals surface area contributed by atoms with E-state index >= 15 is 0 Å². The van der Waals surface area contributed by atoms with E-state index in [9.17, 15) is 9.59 Å². The van der Waals surface area contributed by atoms with Crippen LogP contribution in [0.5, 0.6) is 0 Å². The van der Waals surface area contributed by atoms with Gasteiger partial charge in [-0.3, -0.25) is 9.59 Å². The van der Waals surface area contributed by atoms with Crippen molar-refractivity contribution in [1.82, 2.24) is 0 Å². The molecule has 0 rings (SSSR count). The molecule has 0 fully saturated rings. The summed E-state index contributed by atoms with van der Waals surface area (Å²) in [6.45, 7) is 2.64. The predicted molar refractivity (Wildman–Crippen MR) is 126 cm³/mol. The average Bonchev–Trinajstić information content (AvgIpc) is 2.72. The molecule has 0 aliphatic heterocycles. The average molecular weight is 425 g/mol. The van der Waals surface area contributed by atoms with Gasteiger partial charge in [-0.05, 0) is 25.7 Å². The highest BCUT2D eigenvalue weighted by atomic mass is 16.5. The summed E-state index contributed by atoms with van der Waals surface area (Å²) in [4.78, 5) is 22.1. The minimum absolute atomic E-state index is 0.0615. The van der Waals surface area contributed by atoms with E-state index < -0.39 is 5.97 Å². The molecular formula is C26H48O4. The van der Waals surface area contributed by atoms with Gasteiger partial charge in [-0.25, -0.2) is 0 Å². The van der Waals surface area contributed by atoms with Crippen molar-refractivity contribution in [1.29, 1.82) is 0 Å². The summed E-state index contributed by atoms with van der Waals surface area (Å²) in [6.07, 6.45) is 26.5. The quantitative estimate of drug-likeness (QED) is 0.102. The Balaban J connectivity index is 3.20. The van der Waals surface area contributed by atoms with Crippen molar-refractivity contribution in [3.63, 3.8) is 0 Å². The Bertz CT molecular complexity index is 417. The molecule has 4 nitrogen and oxygen atoms in total. The number of hydrogen-bond donors (Lipinski definition) is 1. The van der Waals surface area contributed by atoms with Crippen molar-refractivity contribution in [2.45, 2.75) is 135 Å². The van der Waals surface area contributed by atoms with Gasteiger partial charge in [0.1, 0.15) is 6.61 Å². The zero-order valence-corrected chi connectivity index (χ0v) is 19.7. The van der Waals surface area contributed by atoms with E-state index in [1.54, 1.807) is 0 Å². The Morgan fingerprint density at radius 3 is 1.60 bits per heavy atom. The van der Waals surface area contributed by atoms with Gasteiger partial charge >= 0.3 is 11.9 Å². The van der Waals surface area contributed by atoms with Crippen molar-refractivity contribution in [2.24, 2.45) is 0 Å². The Morgan fingerprint density at radius 1 is 0.633 bits per heavy atom. The maximum absolute atomic E-state index is 11.7. The number of carbonyl (C=O) groups excluding carboxylic acids is 1. The number of allylic oxidation sites excluding steroid dienone is 1. The Kier molecular flexibility index (Phi) is 22.9. The SMILES string of the molecule is CCCCCC/C=C\COC(=O)CCCCCCCCCCCCCCCC(=O)O. The van der Waals surface area contributed by atoms with E-state index in [2.05, 4.69) is 13.0 Å². The molecule has 0 unspecified atom stereocenters. The van der Waals surface area contributed by atoms with Crippen LogP contribution in [0.1, 0.15) is 135 Å². The lowest BCUT2D eigenvalue weighted by Gasteiger charge is -2.04. The van der Waals surface area contributed by atoms with Gasteiger partial charge in [0.25, 0.3) is 0 Å². The first-order valence-corrected chi connectivity index (χ1v) is 12.7. The number of hydrogen-bond acceptors (Lipinski definition) is 3. The molecule has 0 bridgehead atoms. The number of carboxylic acid groups (broad SMARTS) is 1. The summed E-state index contributed by atoms with van der Waals surface area (Å²) in [5, 5.41) is 8.58. The van der Waals surface area contributed by atoms with Gasteiger partial charge in [0, 0.05) is 12.8 Å². The number of ether oxygens (including phenoxy) is 1. The molecule has 0 aliphatic rings. The van der Waals surface area contributed by atoms with Crippen molar-refractivity contribution in [3.05, 3.63) is 12.2 Å². The smallest absolute Gasteiger partial charge is 0.306 e. The fraction of sp³-hybridized carbons (Fsp3) is 0.846. The molecule has 30 heavy (non-hydrogen) atoms. The van der Waals surface area contributed by atoms with Crippen molar-refractivity contribution in [2.75, 3.05) is 6.61 Å². The number of carbonyl (C=O) groups is 2. The molecule has 4 heteroatoms. The molecule has 0 saturated carbocycles. The summed E-state index contributed by atoms with van der Waals surface area (Å²) >= 11 is 0. The highest BCUT2D eigenvalue weighted by Gasteiger charge is 2.01. The van der Waals surface area contributed by atoms with Crippen molar-refractivity contribution in [3.8, 4) is 0 Å². The molecule has 0 atom stereocenters. The second-order valence-corrected chi connectivity index (χ2v) is 8.49. The first kappa shape index (κ1) is 28.7. The van der Waals surface area contributed by atoms with Crippen molar-refractivity contribution < 1.29 is 19.4 Å². The van der Waals surface area contributed by atoms with Crippen LogP contribution in [0.2, 0.25) is 0 Å². The lowest BCUT2D eigenvalue weighted by molar-refractivity contribution is -0.142. The molecular weight excluding hydrogens is 376 g/mol. The first-order valence-electron chi connectivity index (χ1n) is 12.7. The zero-order chi connectivity index (χ0) is 22.1. The monoisotopic (exact) mass is 424 g/mol. The second kappa shape index (κ2) is 24.0. The van der Waals surface area contributed by atoms with Gasteiger partial charge in [0.15, 0.2) is 0 Å². The standard InChI is InChI=1S/C26H48O4/c1-2-3-4-5-15-18-21-24-30-26(29)23-20-17-14-12-10-8-6-7-9-11-13-16-19-22-25(27)28/h18,21H,2-17,19-20,22-24H2,1H3,(H,27,28)/b21-18-. The van der Waals surface area contributed by atoms with E-state index in [0.29, 0.717) is 19.4 Å². The molecule has 0 aromatic rings. The van der Waals surface area contributed by atoms with Gasteiger partial charge in [-0.2, -0.15) is 0 Å². The topological polar surface area (TPSA) is 63.6 Å². The van der Waals surface area contributed by atoms with E-state index in [1.807, 2.05) is 6.08 Å². The van der Waals surface area contributed by atoms with Crippen LogP contribution in [-0.4, -0.2) is 23.7 Å². The Labute approximate surface area is 185 Å². The largest absolute Gasteiger partial charge is 0.481 e. The predicted octanol–water partition coefficient (Wildman–Crippen LogP) is 7.99. The van der Waals surface area contributed by atoms with Crippen LogP contribution in [0, 0.1) is 0 Å². The fourth-order valence-corrected chi connectivity index (χ4v) is 3.58. The molecule has 1 N–H and O–H groups in total. The summed E-state index contributed by atoms with van der Waals surface area (Å²) in [5.41, 5.74) is 0. The highest BCUT2D eigenvalue weighted by Crippen LogP contribution is 2.13. The zero-order valence-electron chi connectivity index (χ0n) is 19.7. The number of aliphatic carboxylic acids is 1. The number of carboxylic acids is 1. The van der Waals surface area contributed by atoms with E-state index in [-0.39, 0.29) is 5.97 Å². The summed E-state index contributed by atoms with van der Waals surface area (Å²) < 4.78 is 5.24. The third-order valence-electron chi connectivity index (χ3n) is 5.50.